The van der Waals surface area contributed by atoms with Crippen LogP contribution in [0.1, 0.15) is 31.2 Å². The van der Waals surface area contributed by atoms with Crippen molar-refractivity contribution in [3.05, 3.63) is 35.7 Å². The fraction of sp³-hybridized carbons (Fsp3) is 0.500. The average molecular weight is 328 g/mol. The van der Waals surface area contributed by atoms with Crippen molar-refractivity contribution < 1.29 is 9.32 Å². The maximum absolute atomic E-state index is 12.0. The fourth-order valence-corrected chi connectivity index (χ4v) is 3.18. The highest BCUT2D eigenvalue weighted by Crippen LogP contribution is 2.22. The first kappa shape index (κ1) is 16.6. The van der Waals surface area contributed by atoms with Gasteiger partial charge in [-0.25, -0.2) is 0 Å². The number of aromatic nitrogens is 2. The number of rotatable bonds is 5. The Morgan fingerprint density at radius 2 is 2.25 bits per heavy atom. The van der Waals surface area contributed by atoms with Crippen molar-refractivity contribution in [2.24, 2.45) is 5.92 Å². The van der Waals surface area contributed by atoms with Gasteiger partial charge in [0, 0.05) is 18.7 Å². The summed E-state index contributed by atoms with van der Waals surface area (Å²) in [6.07, 6.45) is 1.96. The van der Waals surface area contributed by atoms with E-state index in [2.05, 4.69) is 20.4 Å². The largest absolute Gasteiger partial charge is 0.356 e. The molecule has 1 aromatic carbocycles. The monoisotopic (exact) mass is 328 g/mol. The van der Waals surface area contributed by atoms with Gasteiger partial charge < -0.3 is 9.84 Å². The van der Waals surface area contributed by atoms with Gasteiger partial charge in [-0.05, 0) is 38.8 Å². The molecule has 1 amide bonds. The molecule has 1 N–H and O–H groups in total. The standard InChI is InChI=1S/C18H24N4O2/c1-3-19-18(23)14-8-6-10-22(11-14)12-16-20-17(21-24-16)15-9-5-4-7-13(15)2/h4-5,7,9,14H,3,6,8,10-12H2,1-2H3,(H,19,23). The van der Waals surface area contributed by atoms with Crippen molar-refractivity contribution in [2.45, 2.75) is 33.2 Å². The second kappa shape index (κ2) is 7.57. The lowest BCUT2D eigenvalue weighted by molar-refractivity contribution is -0.126. The minimum atomic E-state index is 0.0532. The van der Waals surface area contributed by atoms with Gasteiger partial charge in [-0.3, -0.25) is 9.69 Å². The van der Waals surface area contributed by atoms with Gasteiger partial charge in [0.25, 0.3) is 0 Å². The second-order valence-corrected chi connectivity index (χ2v) is 6.30. The van der Waals surface area contributed by atoms with E-state index in [1.54, 1.807) is 0 Å². The summed E-state index contributed by atoms with van der Waals surface area (Å²) in [6, 6.07) is 8.00. The van der Waals surface area contributed by atoms with Crippen LogP contribution in [-0.2, 0) is 11.3 Å². The highest BCUT2D eigenvalue weighted by atomic mass is 16.5. The Bertz CT molecular complexity index is 698. The van der Waals surface area contributed by atoms with Gasteiger partial charge >= 0.3 is 0 Å². The van der Waals surface area contributed by atoms with E-state index in [4.69, 9.17) is 4.52 Å². The van der Waals surface area contributed by atoms with Crippen molar-refractivity contribution >= 4 is 5.91 Å². The van der Waals surface area contributed by atoms with Crippen molar-refractivity contribution in [3.63, 3.8) is 0 Å². The molecule has 1 aliphatic rings. The normalized spacial score (nSPS) is 18.5. The third kappa shape index (κ3) is 3.82. The predicted molar refractivity (Wildman–Crippen MR) is 91.2 cm³/mol. The molecule has 0 bridgehead atoms. The lowest BCUT2D eigenvalue weighted by Crippen LogP contribution is -2.42. The molecule has 2 heterocycles. The molecule has 24 heavy (non-hydrogen) atoms. The van der Waals surface area contributed by atoms with Crippen LogP contribution in [0.5, 0.6) is 0 Å². The van der Waals surface area contributed by atoms with Crippen molar-refractivity contribution in [3.8, 4) is 11.4 Å². The number of nitrogens with one attached hydrogen (secondary N) is 1. The minimum Gasteiger partial charge on any atom is -0.356 e. The molecule has 2 aromatic rings. The van der Waals surface area contributed by atoms with Gasteiger partial charge in [-0.1, -0.05) is 29.4 Å². The molecule has 6 nitrogen and oxygen atoms in total. The smallest absolute Gasteiger partial charge is 0.241 e. The molecule has 1 unspecified atom stereocenters. The lowest BCUT2D eigenvalue weighted by atomic mass is 9.97. The van der Waals surface area contributed by atoms with Crippen LogP contribution in [0.25, 0.3) is 11.4 Å². The van der Waals surface area contributed by atoms with E-state index < -0.39 is 0 Å². The number of piperidine rings is 1. The summed E-state index contributed by atoms with van der Waals surface area (Å²) in [5.74, 6) is 1.43. The van der Waals surface area contributed by atoms with Gasteiger partial charge in [0.05, 0.1) is 12.5 Å². The molecule has 1 fully saturated rings. The number of amides is 1. The quantitative estimate of drug-likeness (QED) is 0.912. The number of carbonyl (C=O) groups is 1. The highest BCUT2D eigenvalue weighted by Gasteiger charge is 2.26. The van der Waals surface area contributed by atoms with Crippen molar-refractivity contribution in [2.75, 3.05) is 19.6 Å². The Balaban J connectivity index is 1.64. The van der Waals surface area contributed by atoms with Crippen molar-refractivity contribution in [1.29, 1.82) is 0 Å². The molecule has 1 aromatic heterocycles. The molecule has 1 atom stereocenters. The molecule has 128 valence electrons. The number of benzene rings is 1. The molecule has 0 spiro atoms. The Hall–Kier alpha value is -2.21. The van der Waals surface area contributed by atoms with Crippen molar-refractivity contribution in [1.82, 2.24) is 20.4 Å². The van der Waals surface area contributed by atoms with Crippen LogP contribution in [-0.4, -0.2) is 40.6 Å². The van der Waals surface area contributed by atoms with E-state index in [0.29, 0.717) is 24.8 Å². The summed E-state index contributed by atoms with van der Waals surface area (Å²) >= 11 is 0. The van der Waals surface area contributed by atoms with Crippen LogP contribution in [0, 0.1) is 12.8 Å². The van der Waals surface area contributed by atoms with Gasteiger partial charge in [0.2, 0.25) is 17.6 Å². The number of nitrogens with zero attached hydrogens (tertiary/aromatic N) is 3. The number of hydrogen-bond donors (Lipinski definition) is 1. The van der Waals surface area contributed by atoms with Crippen LogP contribution in [0.4, 0.5) is 0 Å². The lowest BCUT2D eigenvalue weighted by Gasteiger charge is -2.30. The summed E-state index contributed by atoms with van der Waals surface area (Å²) in [4.78, 5) is 18.8. The van der Waals surface area contributed by atoms with E-state index in [1.165, 1.54) is 0 Å². The predicted octanol–water partition coefficient (Wildman–Crippen LogP) is 2.39. The van der Waals surface area contributed by atoms with Crippen LogP contribution in [0.15, 0.2) is 28.8 Å². The first-order valence-electron chi connectivity index (χ1n) is 8.56. The van der Waals surface area contributed by atoms with Gasteiger partial charge in [-0.15, -0.1) is 0 Å². The zero-order valence-corrected chi connectivity index (χ0v) is 14.3. The molecular weight excluding hydrogens is 304 g/mol. The van der Waals surface area contributed by atoms with Gasteiger partial charge in [0.1, 0.15) is 0 Å². The summed E-state index contributed by atoms with van der Waals surface area (Å²) in [7, 11) is 0. The maximum Gasteiger partial charge on any atom is 0.241 e. The second-order valence-electron chi connectivity index (χ2n) is 6.30. The molecule has 0 aliphatic carbocycles. The van der Waals surface area contributed by atoms with E-state index in [1.807, 2.05) is 38.1 Å². The number of aryl methyl sites for hydroxylation is 1. The molecule has 6 heteroatoms. The Morgan fingerprint density at radius 3 is 3.04 bits per heavy atom. The average Bonchev–Trinajstić information content (AvgIpc) is 3.04. The summed E-state index contributed by atoms with van der Waals surface area (Å²) in [5.41, 5.74) is 2.12. The third-order valence-corrected chi connectivity index (χ3v) is 4.44. The van der Waals surface area contributed by atoms with Gasteiger partial charge in [-0.2, -0.15) is 4.98 Å². The fourth-order valence-electron chi connectivity index (χ4n) is 3.18. The van der Waals surface area contributed by atoms with Crippen LogP contribution in [0.2, 0.25) is 0 Å². The van der Waals surface area contributed by atoms with Crippen LogP contribution < -0.4 is 5.32 Å². The first-order valence-corrected chi connectivity index (χ1v) is 8.56. The van der Waals surface area contributed by atoms with E-state index in [-0.39, 0.29) is 11.8 Å². The van der Waals surface area contributed by atoms with Crippen LogP contribution in [0.3, 0.4) is 0 Å². The maximum atomic E-state index is 12.0. The Morgan fingerprint density at radius 1 is 1.42 bits per heavy atom. The Labute approximate surface area is 142 Å². The molecule has 1 aliphatic heterocycles. The van der Waals surface area contributed by atoms with Crippen LogP contribution >= 0.6 is 0 Å². The van der Waals surface area contributed by atoms with Gasteiger partial charge in [0.15, 0.2) is 0 Å². The number of likely N-dealkylation sites (tertiary alicyclic amines) is 1. The third-order valence-electron chi connectivity index (χ3n) is 4.44. The zero-order valence-electron chi connectivity index (χ0n) is 14.3. The topological polar surface area (TPSA) is 71.3 Å². The molecular formula is C18H24N4O2. The summed E-state index contributed by atoms with van der Waals surface area (Å²) < 4.78 is 5.42. The summed E-state index contributed by atoms with van der Waals surface area (Å²) in [6.45, 7) is 6.95. The molecule has 0 radical (unpaired) electrons. The molecule has 3 rings (SSSR count). The van der Waals surface area contributed by atoms with E-state index in [9.17, 15) is 4.79 Å². The molecule has 1 saturated heterocycles. The summed E-state index contributed by atoms with van der Waals surface area (Å²) in [5, 5.41) is 7.02. The highest BCUT2D eigenvalue weighted by molar-refractivity contribution is 5.78. The number of hydrogen-bond acceptors (Lipinski definition) is 5. The SMILES string of the molecule is CCNC(=O)C1CCCN(Cc2nc(-c3ccccc3C)no2)C1. The first-order chi connectivity index (χ1) is 11.7. The van der Waals surface area contributed by atoms with E-state index >= 15 is 0 Å². The Kier molecular flexibility index (Phi) is 5.25. The zero-order chi connectivity index (χ0) is 16.9. The van der Waals surface area contributed by atoms with E-state index in [0.717, 1.165) is 37.1 Å². The minimum absolute atomic E-state index is 0.0532. The molecule has 0 saturated carbocycles. The number of carbonyl (C=O) groups excluding carboxylic acids is 1.